The van der Waals surface area contributed by atoms with Crippen molar-refractivity contribution in [3.63, 3.8) is 0 Å². The Bertz CT molecular complexity index is 474. The molecule has 0 bridgehead atoms. The smallest absolute Gasteiger partial charge is 0.176 e. The third-order valence-corrected chi connectivity index (χ3v) is 2.40. The van der Waals surface area contributed by atoms with Gasteiger partial charge in [-0.1, -0.05) is 11.6 Å². The zero-order chi connectivity index (χ0) is 9.59. The van der Waals surface area contributed by atoms with Crippen LogP contribution in [0.2, 0.25) is 5.02 Å². The monoisotopic (exact) mass is 196 g/mol. The molecule has 5 heteroatoms. The van der Waals surface area contributed by atoms with Gasteiger partial charge in [-0.25, -0.2) is 4.98 Å². The van der Waals surface area contributed by atoms with E-state index in [2.05, 4.69) is 10.1 Å². The fourth-order valence-electron chi connectivity index (χ4n) is 1.19. The summed E-state index contributed by atoms with van der Waals surface area (Å²) in [6.07, 6.45) is 1.54. The molecule has 13 heavy (non-hydrogen) atoms. The molecule has 0 saturated heterocycles. The first-order chi connectivity index (χ1) is 6.11. The van der Waals surface area contributed by atoms with Gasteiger partial charge in [0.1, 0.15) is 10.8 Å². The highest BCUT2D eigenvalue weighted by molar-refractivity contribution is 6.33. The van der Waals surface area contributed by atoms with E-state index in [1.165, 1.54) is 0 Å². The lowest BCUT2D eigenvalue weighted by molar-refractivity contribution is 0.929. The van der Waals surface area contributed by atoms with Crippen molar-refractivity contribution < 1.29 is 0 Å². The Hall–Kier alpha value is -1.29. The van der Waals surface area contributed by atoms with Gasteiger partial charge in [0, 0.05) is 11.3 Å². The topological polar surface area (TPSA) is 56.2 Å². The van der Waals surface area contributed by atoms with Crippen LogP contribution in [0.5, 0.6) is 0 Å². The van der Waals surface area contributed by atoms with Crippen molar-refractivity contribution >= 4 is 23.1 Å². The molecule has 0 saturated carbocycles. The van der Waals surface area contributed by atoms with E-state index < -0.39 is 0 Å². The van der Waals surface area contributed by atoms with E-state index in [0.29, 0.717) is 16.5 Å². The summed E-state index contributed by atoms with van der Waals surface area (Å²) in [6.45, 7) is 3.81. The zero-order valence-corrected chi connectivity index (χ0v) is 8.13. The normalized spacial score (nSPS) is 11.0. The summed E-state index contributed by atoms with van der Waals surface area (Å²) in [7, 11) is 0. The van der Waals surface area contributed by atoms with Gasteiger partial charge < -0.3 is 5.73 Å². The molecule has 0 aliphatic rings. The summed E-state index contributed by atoms with van der Waals surface area (Å²) in [5.41, 5.74) is 8.27. The summed E-state index contributed by atoms with van der Waals surface area (Å²) in [5.74, 6) is 0.592. The maximum atomic E-state index is 5.87. The van der Waals surface area contributed by atoms with E-state index in [0.717, 1.165) is 11.3 Å². The van der Waals surface area contributed by atoms with Crippen LogP contribution in [0.1, 0.15) is 11.3 Å². The molecular formula is C8H9ClN4. The number of anilines is 1. The van der Waals surface area contributed by atoms with Crippen LogP contribution >= 0.6 is 11.6 Å². The van der Waals surface area contributed by atoms with Crippen LogP contribution in [0.15, 0.2) is 6.20 Å². The molecule has 2 aromatic rings. The minimum absolute atomic E-state index is 0.523. The highest BCUT2D eigenvalue weighted by Crippen LogP contribution is 2.20. The predicted octanol–water partition coefficient (Wildman–Crippen LogP) is 1.58. The third kappa shape index (κ3) is 1.06. The SMILES string of the molecule is Cc1nc2c(Cl)cnn2c(N)c1C. The average molecular weight is 197 g/mol. The van der Waals surface area contributed by atoms with Gasteiger partial charge in [0.2, 0.25) is 0 Å². The summed E-state index contributed by atoms with van der Waals surface area (Å²) in [6, 6.07) is 0. The molecule has 4 nitrogen and oxygen atoms in total. The van der Waals surface area contributed by atoms with Gasteiger partial charge in [0.15, 0.2) is 5.65 Å². The van der Waals surface area contributed by atoms with Gasteiger partial charge >= 0.3 is 0 Å². The molecule has 0 radical (unpaired) electrons. The Morgan fingerprint density at radius 1 is 1.46 bits per heavy atom. The fraction of sp³-hybridized carbons (Fsp3) is 0.250. The van der Waals surface area contributed by atoms with E-state index in [9.17, 15) is 0 Å². The van der Waals surface area contributed by atoms with Crippen LogP contribution in [0.3, 0.4) is 0 Å². The van der Waals surface area contributed by atoms with Crippen LogP contribution in [-0.4, -0.2) is 14.6 Å². The summed E-state index contributed by atoms with van der Waals surface area (Å²) < 4.78 is 1.55. The molecule has 2 aromatic heterocycles. The number of rotatable bonds is 0. The molecule has 0 amide bonds. The number of nitrogens with zero attached hydrogens (tertiary/aromatic N) is 3. The Morgan fingerprint density at radius 3 is 2.85 bits per heavy atom. The molecule has 0 spiro atoms. The molecule has 0 fully saturated rings. The molecule has 0 unspecified atom stereocenters. The van der Waals surface area contributed by atoms with Crippen LogP contribution in [0.4, 0.5) is 5.82 Å². The summed E-state index contributed by atoms with van der Waals surface area (Å²) in [5, 5.41) is 4.54. The van der Waals surface area contributed by atoms with E-state index in [4.69, 9.17) is 17.3 Å². The van der Waals surface area contributed by atoms with E-state index in [1.54, 1.807) is 10.7 Å². The first kappa shape index (κ1) is 8.31. The lowest BCUT2D eigenvalue weighted by atomic mass is 10.2. The number of hydrogen-bond donors (Lipinski definition) is 1. The molecule has 2 N–H and O–H groups in total. The number of aromatic nitrogens is 3. The molecule has 0 aliphatic heterocycles. The van der Waals surface area contributed by atoms with Crippen molar-refractivity contribution in [1.29, 1.82) is 0 Å². The van der Waals surface area contributed by atoms with Crippen molar-refractivity contribution in [1.82, 2.24) is 14.6 Å². The average Bonchev–Trinajstić information content (AvgIpc) is 2.45. The van der Waals surface area contributed by atoms with Crippen molar-refractivity contribution in [3.05, 3.63) is 22.5 Å². The molecular weight excluding hydrogens is 188 g/mol. The second-order valence-electron chi connectivity index (χ2n) is 2.94. The third-order valence-electron chi connectivity index (χ3n) is 2.13. The van der Waals surface area contributed by atoms with Gasteiger partial charge in [-0.2, -0.15) is 9.61 Å². The molecule has 0 aromatic carbocycles. The maximum Gasteiger partial charge on any atom is 0.176 e. The predicted molar refractivity (Wildman–Crippen MR) is 51.9 cm³/mol. The molecule has 68 valence electrons. The van der Waals surface area contributed by atoms with Crippen LogP contribution in [-0.2, 0) is 0 Å². The van der Waals surface area contributed by atoms with Crippen LogP contribution < -0.4 is 5.73 Å². The number of nitrogens with two attached hydrogens (primary N) is 1. The molecule has 0 atom stereocenters. The van der Waals surface area contributed by atoms with Gasteiger partial charge in [-0.05, 0) is 13.8 Å². The Morgan fingerprint density at radius 2 is 2.15 bits per heavy atom. The van der Waals surface area contributed by atoms with Crippen molar-refractivity contribution in [2.75, 3.05) is 5.73 Å². The van der Waals surface area contributed by atoms with E-state index in [1.807, 2.05) is 13.8 Å². The first-order valence-corrected chi connectivity index (χ1v) is 4.25. The lowest BCUT2D eigenvalue weighted by Gasteiger charge is -2.05. The highest BCUT2D eigenvalue weighted by Gasteiger charge is 2.09. The Labute approximate surface area is 80.3 Å². The molecule has 2 rings (SSSR count). The molecule has 2 heterocycles. The molecule has 0 aliphatic carbocycles. The maximum absolute atomic E-state index is 5.87. The first-order valence-electron chi connectivity index (χ1n) is 3.87. The number of halogens is 1. The zero-order valence-electron chi connectivity index (χ0n) is 7.37. The minimum Gasteiger partial charge on any atom is -0.383 e. The minimum atomic E-state index is 0.523. The summed E-state index contributed by atoms with van der Waals surface area (Å²) in [4.78, 5) is 4.28. The van der Waals surface area contributed by atoms with E-state index in [-0.39, 0.29) is 0 Å². The van der Waals surface area contributed by atoms with Crippen molar-refractivity contribution in [3.8, 4) is 0 Å². The summed E-state index contributed by atoms with van der Waals surface area (Å²) >= 11 is 5.87. The van der Waals surface area contributed by atoms with Gasteiger partial charge in [0.05, 0.1) is 6.20 Å². The van der Waals surface area contributed by atoms with Crippen molar-refractivity contribution in [2.45, 2.75) is 13.8 Å². The van der Waals surface area contributed by atoms with Gasteiger partial charge in [-0.15, -0.1) is 0 Å². The largest absolute Gasteiger partial charge is 0.383 e. The standard InChI is InChI=1S/C8H9ClN4/c1-4-5(2)12-8-6(9)3-11-13(8)7(4)10/h3H,10H2,1-2H3. The van der Waals surface area contributed by atoms with Gasteiger partial charge in [-0.3, -0.25) is 0 Å². The van der Waals surface area contributed by atoms with Crippen LogP contribution in [0.25, 0.3) is 5.65 Å². The lowest BCUT2D eigenvalue weighted by Crippen LogP contribution is -2.05. The highest BCUT2D eigenvalue weighted by atomic mass is 35.5. The van der Waals surface area contributed by atoms with Crippen molar-refractivity contribution in [2.24, 2.45) is 0 Å². The Balaban J connectivity index is 2.96. The fourth-order valence-corrected chi connectivity index (χ4v) is 1.35. The number of hydrogen-bond acceptors (Lipinski definition) is 3. The second kappa shape index (κ2) is 2.60. The number of nitrogen functional groups attached to an aromatic ring is 1. The Kier molecular flexibility index (Phi) is 1.66. The number of aryl methyl sites for hydroxylation is 1. The van der Waals surface area contributed by atoms with Gasteiger partial charge in [0.25, 0.3) is 0 Å². The van der Waals surface area contributed by atoms with E-state index >= 15 is 0 Å². The quantitative estimate of drug-likeness (QED) is 0.696. The van der Waals surface area contributed by atoms with Crippen LogP contribution in [0, 0.1) is 13.8 Å². The number of fused-ring (bicyclic) bond motifs is 1. The second-order valence-corrected chi connectivity index (χ2v) is 3.34.